The first-order valence-electron chi connectivity index (χ1n) is 3.12. The summed E-state index contributed by atoms with van der Waals surface area (Å²) < 4.78 is 0. The Kier molecular flexibility index (Phi) is 1.31. The number of rotatable bonds is 1. The van der Waals surface area contributed by atoms with Gasteiger partial charge in [0, 0.05) is 5.57 Å². The molecule has 0 aliphatic heterocycles. The molecule has 50 valence electrons. The fraction of sp³-hybridized carbons (Fsp3) is 0.571. The molecule has 1 unspecified atom stereocenters. The second kappa shape index (κ2) is 1.87. The van der Waals surface area contributed by atoms with Crippen LogP contribution in [-0.4, -0.2) is 5.91 Å². The van der Waals surface area contributed by atoms with Crippen LogP contribution in [0, 0.1) is 5.92 Å². The van der Waals surface area contributed by atoms with Crippen molar-refractivity contribution in [1.82, 2.24) is 0 Å². The van der Waals surface area contributed by atoms with Gasteiger partial charge in [-0.3, -0.25) is 4.79 Å². The molecule has 0 bridgehead atoms. The lowest BCUT2D eigenvalue weighted by Crippen LogP contribution is -2.25. The van der Waals surface area contributed by atoms with Gasteiger partial charge < -0.3 is 5.73 Å². The average Bonchev–Trinajstić information content (AvgIpc) is 1.81. The molecule has 0 saturated heterocycles. The number of hydrogen-bond acceptors (Lipinski definition) is 1. The maximum Gasteiger partial charge on any atom is 0.244 e. The predicted octanol–water partition coefficient (Wildman–Crippen LogP) is 0.828. The van der Waals surface area contributed by atoms with Crippen LogP contribution in [0.4, 0.5) is 0 Å². The van der Waals surface area contributed by atoms with Gasteiger partial charge in [-0.05, 0) is 19.3 Å². The van der Waals surface area contributed by atoms with Crippen molar-refractivity contribution in [2.75, 3.05) is 0 Å². The summed E-state index contributed by atoms with van der Waals surface area (Å²) in [6.07, 6.45) is 0.876. The molecule has 2 nitrogen and oxygen atoms in total. The summed E-state index contributed by atoms with van der Waals surface area (Å²) in [6, 6.07) is 0. The van der Waals surface area contributed by atoms with Gasteiger partial charge in [0.25, 0.3) is 0 Å². The maximum absolute atomic E-state index is 10.5. The summed E-state index contributed by atoms with van der Waals surface area (Å²) in [6.45, 7) is 4.07. The Morgan fingerprint density at radius 1 is 1.78 bits per heavy atom. The molecule has 0 aromatic carbocycles. The molecule has 1 amide bonds. The molecule has 0 aromatic heterocycles. The zero-order valence-electron chi connectivity index (χ0n) is 5.77. The smallest absolute Gasteiger partial charge is 0.244 e. The number of hydrogen-bond donors (Lipinski definition) is 1. The van der Waals surface area contributed by atoms with Crippen molar-refractivity contribution < 1.29 is 4.79 Å². The van der Waals surface area contributed by atoms with Crippen molar-refractivity contribution in [2.24, 2.45) is 11.7 Å². The minimum absolute atomic E-state index is 0.245. The minimum atomic E-state index is -0.245. The largest absolute Gasteiger partial charge is 0.366 e. The van der Waals surface area contributed by atoms with Gasteiger partial charge in [-0.1, -0.05) is 12.5 Å². The molecular formula is C7H11NO. The number of nitrogens with two attached hydrogens (primary N) is 1. The number of allylic oxidation sites excluding steroid dienone is 1. The van der Waals surface area contributed by atoms with Crippen LogP contribution in [0.25, 0.3) is 0 Å². The molecule has 0 heterocycles. The van der Waals surface area contributed by atoms with Gasteiger partial charge in [0.2, 0.25) is 5.91 Å². The van der Waals surface area contributed by atoms with Gasteiger partial charge in [-0.2, -0.15) is 0 Å². The maximum atomic E-state index is 10.5. The second-order valence-electron chi connectivity index (χ2n) is 2.63. The van der Waals surface area contributed by atoms with Crippen molar-refractivity contribution in [1.29, 1.82) is 0 Å². The van der Waals surface area contributed by atoms with Crippen LogP contribution in [0.2, 0.25) is 0 Å². The number of primary amides is 1. The van der Waals surface area contributed by atoms with E-state index in [1.807, 2.05) is 6.92 Å². The van der Waals surface area contributed by atoms with E-state index < -0.39 is 0 Å². The second-order valence-corrected chi connectivity index (χ2v) is 2.63. The van der Waals surface area contributed by atoms with Crippen LogP contribution in [0.15, 0.2) is 11.1 Å². The standard InChI is InChI=1S/C7H11NO/c1-4-3-6(5(4)2)7(8)9/h4H,3H2,1-2H3,(H2,8,9). The van der Waals surface area contributed by atoms with Crippen LogP contribution >= 0.6 is 0 Å². The molecule has 2 heteroatoms. The average molecular weight is 125 g/mol. The lowest BCUT2D eigenvalue weighted by atomic mass is 9.79. The molecule has 0 saturated carbocycles. The van der Waals surface area contributed by atoms with Crippen LogP contribution in [0.1, 0.15) is 20.3 Å². The zero-order chi connectivity index (χ0) is 7.02. The van der Waals surface area contributed by atoms with Crippen LogP contribution in [0.3, 0.4) is 0 Å². The van der Waals surface area contributed by atoms with Crippen molar-refractivity contribution in [2.45, 2.75) is 20.3 Å². The van der Waals surface area contributed by atoms with Gasteiger partial charge >= 0.3 is 0 Å². The number of carbonyl (C=O) groups is 1. The molecular weight excluding hydrogens is 114 g/mol. The molecule has 2 N–H and O–H groups in total. The Hall–Kier alpha value is -0.790. The highest BCUT2D eigenvalue weighted by Gasteiger charge is 2.24. The first-order chi connectivity index (χ1) is 4.13. The highest BCUT2D eigenvalue weighted by molar-refractivity contribution is 5.94. The summed E-state index contributed by atoms with van der Waals surface area (Å²) >= 11 is 0. The molecule has 0 aromatic rings. The minimum Gasteiger partial charge on any atom is -0.366 e. The van der Waals surface area contributed by atoms with E-state index in [4.69, 9.17) is 5.73 Å². The Morgan fingerprint density at radius 2 is 2.33 bits per heavy atom. The summed E-state index contributed by atoms with van der Waals surface area (Å²) in [5.74, 6) is 0.332. The van der Waals surface area contributed by atoms with E-state index in [0.29, 0.717) is 5.92 Å². The van der Waals surface area contributed by atoms with Crippen molar-refractivity contribution >= 4 is 5.91 Å². The Morgan fingerprint density at radius 3 is 2.44 bits per heavy atom. The highest BCUT2D eigenvalue weighted by Crippen LogP contribution is 2.32. The third-order valence-corrected chi connectivity index (χ3v) is 2.02. The number of amides is 1. The van der Waals surface area contributed by atoms with Gasteiger partial charge in [0.1, 0.15) is 0 Å². The van der Waals surface area contributed by atoms with E-state index >= 15 is 0 Å². The molecule has 0 spiro atoms. The summed E-state index contributed by atoms with van der Waals surface area (Å²) in [5, 5.41) is 0. The predicted molar refractivity (Wildman–Crippen MR) is 35.7 cm³/mol. The van der Waals surface area contributed by atoms with E-state index in [1.54, 1.807) is 0 Å². The van der Waals surface area contributed by atoms with Gasteiger partial charge in [0.05, 0.1) is 0 Å². The van der Waals surface area contributed by atoms with Crippen molar-refractivity contribution in [3.05, 3.63) is 11.1 Å². The van der Waals surface area contributed by atoms with Crippen LogP contribution in [-0.2, 0) is 4.79 Å². The summed E-state index contributed by atoms with van der Waals surface area (Å²) in [4.78, 5) is 10.5. The fourth-order valence-corrected chi connectivity index (χ4v) is 1.08. The SMILES string of the molecule is CC1=C(C(N)=O)CC1C. The quantitative estimate of drug-likeness (QED) is 0.554. The van der Waals surface area contributed by atoms with E-state index in [1.165, 1.54) is 5.57 Å². The van der Waals surface area contributed by atoms with E-state index in [9.17, 15) is 4.79 Å². The summed E-state index contributed by atoms with van der Waals surface area (Å²) in [5.41, 5.74) is 7.06. The Bertz CT molecular complexity index is 181. The van der Waals surface area contributed by atoms with Gasteiger partial charge in [-0.15, -0.1) is 0 Å². The fourth-order valence-electron chi connectivity index (χ4n) is 1.08. The molecule has 0 fully saturated rings. The lowest BCUT2D eigenvalue weighted by Gasteiger charge is -2.25. The van der Waals surface area contributed by atoms with Crippen molar-refractivity contribution in [3.8, 4) is 0 Å². The highest BCUT2D eigenvalue weighted by atomic mass is 16.1. The molecule has 1 rings (SSSR count). The monoisotopic (exact) mass is 125 g/mol. The number of carbonyl (C=O) groups excluding carboxylic acids is 1. The molecule has 1 atom stereocenters. The van der Waals surface area contributed by atoms with Crippen LogP contribution < -0.4 is 5.73 Å². The molecule has 0 radical (unpaired) electrons. The zero-order valence-corrected chi connectivity index (χ0v) is 5.77. The van der Waals surface area contributed by atoms with Crippen LogP contribution in [0.5, 0.6) is 0 Å². The molecule has 9 heavy (non-hydrogen) atoms. The first-order valence-corrected chi connectivity index (χ1v) is 3.12. The third-order valence-electron chi connectivity index (χ3n) is 2.02. The normalized spacial score (nSPS) is 25.8. The Balaban J connectivity index is 2.76. The third kappa shape index (κ3) is 0.846. The molecule has 1 aliphatic carbocycles. The molecule has 1 aliphatic rings. The van der Waals surface area contributed by atoms with E-state index in [-0.39, 0.29) is 5.91 Å². The van der Waals surface area contributed by atoms with E-state index in [2.05, 4.69) is 6.92 Å². The van der Waals surface area contributed by atoms with E-state index in [0.717, 1.165) is 12.0 Å². The lowest BCUT2D eigenvalue weighted by molar-refractivity contribution is -0.115. The van der Waals surface area contributed by atoms with Gasteiger partial charge in [-0.25, -0.2) is 0 Å². The summed E-state index contributed by atoms with van der Waals surface area (Å²) in [7, 11) is 0. The first kappa shape index (κ1) is 6.33. The van der Waals surface area contributed by atoms with Crippen molar-refractivity contribution in [3.63, 3.8) is 0 Å². The Labute approximate surface area is 54.7 Å². The topological polar surface area (TPSA) is 43.1 Å². The van der Waals surface area contributed by atoms with Gasteiger partial charge in [0.15, 0.2) is 0 Å².